The van der Waals surface area contributed by atoms with Crippen molar-refractivity contribution in [3.8, 4) is 17.1 Å². The van der Waals surface area contributed by atoms with Crippen LogP contribution in [0.15, 0.2) is 67.0 Å². The summed E-state index contributed by atoms with van der Waals surface area (Å²) >= 11 is 0. The molecule has 138 valence electrons. The molecule has 3 aromatic rings. The van der Waals surface area contributed by atoms with Crippen LogP contribution in [0.5, 0.6) is 5.75 Å². The highest BCUT2D eigenvalue weighted by Crippen LogP contribution is 2.26. The molecule has 0 aliphatic rings. The third kappa shape index (κ3) is 5.04. The summed E-state index contributed by atoms with van der Waals surface area (Å²) in [7, 11) is 0. The maximum absolute atomic E-state index is 6.26. The average Bonchev–Trinajstić information content (AvgIpc) is 2.73. The van der Waals surface area contributed by atoms with Gasteiger partial charge in [0.1, 0.15) is 5.75 Å². The summed E-state index contributed by atoms with van der Waals surface area (Å²) < 4.78 is 6.26. The van der Waals surface area contributed by atoms with E-state index in [-0.39, 0.29) is 6.10 Å². The number of ether oxygens (including phenoxy) is 1. The van der Waals surface area contributed by atoms with Crippen LogP contribution in [0.1, 0.15) is 44.2 Å². The lowest BCUT2D eigenvalue weighted by molar-refractivity contribution is 0.185. The Balaban J connectivity index is 1.88. The Morgan fingerprint density at radius 3 is 2.37 bits per heavy atom. The van der Waals surface area contributed by atoms with Gasteiger partial charge in [-0.1, -0.05) is 62.8 Å². The van der Waals surface area contributed by atoms with Crippen LogP contribution in [0.3, 0.4) is 0 Å². The topological polar surface area (TPSA) is 35.0 Å². The maximum Gasteiger partial charge on any atom is 0.126 e. The molecular formula is C24H26N2O. The molecule has 3 heteroatoms. The largest absolute Gasteiger partial charge is 0.490 e. The van der Waals surface area contributed by atoms with Gasteiger partial charge in [-0.05, 0) is 37.1 Å². The van der Waals surface area contributed by atoms with Gasteiger partial charge in [-0.15, -0.1) is 0 Å². The summed E-state index contributed by atoms with van der Waals surface area (Å²) in [5.41, 5.74) is 3.86. The summed E-state index contributed by atoms with van der Waals surface area (Å²) in [5.74, 6) is 0.928. The number of benzene rings is 1. The quantitative estimate of drug-likeness (QED) is 0.476. The van der Waals surface area contributed by atoms with Gasteiger partial charge in [0.15, 0.2) is 0 Å². The van der Waals surface area contributed by atoms with E-state index in [2.05, 4.69) is 48.1 Å². The molecule has 1 aromatic carbocycles. The number of hydrogen-bond donors (Lipinski definition) is 0. The van der Waals surface area contributed by atoms with E-state index in [4.69, 9.17) is 4.74 Å². The fourth-order valence-electron chi connectivity index (χ4n) is 3.02. The molecule has 0 N–H and O–H groups in total. The second-order valence-corrected chi connectivity index (χ2v) is 6.46. The molecule has 0 saturated carbocycles. The Morgan fingerprint density at radius 2 is 1.59 bits per heavy atom. The van der Waals surface area contributed by atoms with E-state index in [9.17, 15) is 0 Å². The van der Waals surface area contributed by atoms with Crippen LogP contribution in [-0.2, 0) is 0 Å². The van der Waals surface area contributed by atoms with Crippen LogP contribution in [0.25, 0.3) is 23.5 Å². The molecule has 1 unspecified atom stereocenters. The van der Waals surface area contributed by atoms with Crippen molar-refractivity contribution >= 4 is 12.2 Å². The first-order valence-electron chi connectivity index (χ1n) is 9.62. The number of hydrogen-bond acceptors (Lipinski definition) is 3. The van der Waals surface area contributed by atoms with E-state index in [1.54, 1.807) is 12.4 Å². The highest BCUT2D eigenvalue weighted by atomic mass is 16.5. The number of pyridine rings is 2. The van der Waals surface area contributed by atoms with Gasteiger partial charge in [0.25, 0.3) is 0 Å². The SMILES string of the molecule is CCCC(CC)Oc1ccccc1C=Cc1cccnc1-c1ccccn1. The Labute approximate surface area is 161 Å². The molecule has 0 spiro atoms. The summed E-state index contributed by atoms with van der Waals surface area (Å²) in [6, 6.07) is 18.1. The third-order valence-electron chi connectivity index (χ3n) is 4.47. The fraction of sp³-hybridized carbons (Fsp3) is 0.250. The highest BCUT2D eigenvalue weighted by molar-refractivity contribution is 5.78. The van der Waals surface area contributed by atoms with Crippen molar-refractivity contribution in [3.63, 3.8) is 0 Å². The van der Waals surface area contributed by atoms with Crippen LogP contribution in [-0.4, -0.2) is 16.1 Å². The first kappa shape index (κ1) is 18.8. The predicted molar refractivity (Wildman–Crippen MR) is 112 cm³/mol. The molecular weight excluding hydrogens is 332 g/mol. The highest BCUT2D eigenvalue weighted by Gasteiger charge is 2.09. The fourth-order valence-corrected chi connectivity index (χ4v) is 3.02. The monoisotopic (exact) mass is 358 g/mol. The van der Waals surface area contributed by atoms with Crippen LogP contribution >= 0.6 is 0 Å². The second kappa shape index (κ2) is 9.67. The van der Waals surface area contributed by atoms with E-state index in [0.717, 1.165) is 47.5 Å². The molecule has 27 heavy (non-hydrogen) atoms. The van der Waals surface area contributed by atoms with Crippen molar-refractivity contribution in [2.45, 2.75) is 39.2 Å². The van der Waals surface area contributed by atoms with Gasteiger partial charge < -0.3 is 4.74 Å². The maximum atomic E-state index is 6.26. The average molecular weight is 358 g/mol. The number of rotatable bonds is 8. The summed E-state index contributed by atoms with van der Waals surface area (Å²) in [6.07, 6.45) is 11.2. The summed E-state index contributed by atoms with van der Waals surface area (Å²) in [6.45, 7) is 4.37. The molecule has 0 fully saturated rings. The number of para-hydroxylation sites is 1. The predicted octanol–water partition coefficient (Wildman–Crippen LogP) is 6.27. The van der Waals surface area contributed by atoms with E-state index in [0.29, 0.717) is 0 Å². The summed E-state index contributed by atoms with van der Waals surface area (Å²) in [4.78, 5) is 8.96. The van der Waals surface area contributed by atoms with Crippen molar-refractivity contribution in [3.05, 3.63) is 78.1 Å². The van der Waals surface area contributed by atoms with Gasteiger partial charge in [0, 0.05) is 23.5 Å². The van der Waals surface area contributed by atoms with Gasteiger partial charge in [0.05, 0.1) is 17.5 Å². The minimum atomic E-state index is 0.257. The van der Waals surface area contributed by atoms with E-state index in [1.165, 1.54) is 0 Å². The molecule has 1 atom stereocenters. The lowest BCUT2D eigenvalue weighted by atomic mass is 10.1. The molecule has 0 radical (unpaired) electrons. The number of aromatic nitrogens is 2. The molecule has 0 saturated heterocycles. The van der Waals surface area contributed by atoms with Crippen molar-refractivity contribution in [2.24, 2.45) is 0 Å². The molecule has 0 bridgehead atoms. The van der Waals surface area contributed by atoms with Gasteiger partial charge in [-0.3, -0.25) is 9.97 Å². The summed E-state index contributed by atoms with van der Waals surface area (Å²) in [5, 5.41) is 0. The van der Waals surface area contributed by atoms with Gasteiger partial charge in [-0.2, -0.15) is 0 Å². The van der Waals surface area contributed by atoms with Crippen molar-refractivity contribution in [1.82, 2.24) is 9.97 Å². The first-order chi connectivity index (χ1) is 13.3. The Morgan fingerprint density at radius 1 is 0.852 bits per heavy atom. The zero-order chi connectivity index (χ0) is 18.9. The second-order valence-electron chi connectivity index (χ2n) is 6.46. The molecule has 3 rings (SSSR count). The van der Waals surface area contributed by atoms with Crippen molar-refractivity contribution in [2.75, 3.05) is 0 Å². The minimum Gasteiger partial charge on any atom is -0.490 e. The van der Waals surface area contributed by atoms with Gasteiger partial charge in [-0.25, -0.2) is 0 Å². The lowest BCUT2D eigenvalue weighted by Gasteiger charge is -2.18. The van der Waals surface area contributed by atoms with Crippen LogP contribution < -0.4 is 4.74 Å². The molecule has 0 aliphatic heterocycles. The first-order valence-corrected chi connectivity index (χ1v) is 9.62. The van der Waals surface area contributed by atoms with E-state index < -0.39 is 0 Å². The molecule has 3 nitrogen and oxygen atoms in total. The zero-order valence-electron chi connectivity index (χ0n) is 16.0. The molecule has 2 aromatic heterocycles. The minimum absolute atomic E-state index is 0.257. The van der Waals surface area contributed by atoms with Crippen LogP contribution in [0.4, 0.5) is 0 Å². The van der Waals surface area contributed by atoms with E-state index in [1.807, 2.05) is 42.5 Å². The van der Waals surface area contributed by atoms with Crippen LogP contribution in [0.2, 0.25) is 0 Å². The normalized spacial score (nSPS) is 12.2. The number of nitrogens with zero attached hydrogens (tertiary/aromatic N) is 2. The Bertz CT molecular complexity index is 874. The molecule has 0 aliphatic carbocycles. The van der Waals surface area contributed by atoms with Gasteiger partial charge >= 0.3 is 0 Å². The Kier molecular flexibility index (Phi) is 6.75. The van der Waals surface area contributed by atoms with Gasteiger partial charge in [0.2, 0.25) is 0 Å². The van der Waals surface area contributed by atoms with Crippen LogP contribution in [0, 0.1) is 0 Å². The molecule has 0 amide bonds. The molecule has 2 heterocycles. The zero-order valence-corrected chi connectivity index (χ0v) is 16.0. The van der Waals surface area contributed by atoms with Crippen molar-refractivity contribution < 1.29 is 4.74 Å². The van der Waals surface area contributed by atoms with E-state index >= 15 is 0 Å². The lowest BCUT2D eigenvalue weighted by Crippen LogP contribution is -2.15. The smallest absolute Gasteiger partial charge is 0.126 e. The Hall–Kier alpha value is -2.94. The van der Waals surface area contributed by atoms with Crippen molar-refractivity contribution in [1.29, 1.82) is 0 Å². The third-order valence-corrected chi connectivity index (χ3v) is 4.47. The standard InChI is InChI=1S/C24H26N2O/c1-3-10-21(4-2)27-23-14-6-5-11-19(23)15-16-20-12-9-18-26-24(20)22-13-7-8-17-25-22/h5-9,11-18,21H,3-4,10H2,1-2H3.